The summed E-state index contributed by atoms with van der Waals surface area (Å²) >= 11 is 4.13. The van der Waals surface area contributed by atoms with Crippen LogP contribution >= 0.6 is 23.5 Å². The van der Waals surface area contributed by atoms with E-state index in [0.717, 1.165) is 5.75 Å². The quantitative estimate of drug-likeness (QED) is 0.579. The van der Waals surface area contributed by atoms with Gasteiger partial charge in [-0.1, -0.05) is 57.2 Å². The summed E-state index contributed by atoms with van der Waals surface area (Å²) in [6.07, 6.45) is 10.7. The molecule has 1 saturated heterocycles. The molecule has 2 aliphatic rings. The number of thioether (sulfide) groups is 2. The highest BCUT2D eigenvalue weighted by molar-refractivity contribution is 8.18. The summed E-state index contributed by atoms with van der Waals surface area (Å²) in [4.78, 5) is 0. The van der Waals surface area contributed by atoms with Crippen molar-refractivity contribution in [2.75, 3.05) is 11.5 Å². The zero-order valence-corrected chi connectivity index (χ0v) is 15.3. The summed E-state index contributed by atoms with van der Waals surface area (Å²) < 4.78 is 6.57. The lowest BCUT2D eigenvalue weighted by Gasteiger charge is -2.45. The number of ether oxygens (including phenoxy) is 1. The van der Waals surface area contributed by atoms with Gasteiger partial charge in [0.25, 0.3) is 0 Å². The van der Waals surface area contributed by atoms with Crippen molar-refractivity contribution < 1.29 is 4.74 Å². The molecule has 1 aromatic rings. The highest BCUT2D eigenvalue weighted by Gasteiger charge is 2.46. The van der Waals surface area contributed by atoms with E-state index in [-0.39, 0.29) is 4.27 Å². The summed E-state index contributed by atoms with van der Waals surface area (Å²) in [5, 5.41) is 0. The number of fused-ring (bicyclic) bond motifs is 1. The molecule has 3 rings (SSSR count). The van der Waals surface area contributed by atoms with Gasteiger partial charge < -0.3 is 4.74 Å². The van der Waals surface area contributed by atoms with Gasteiger partial charge >= 0.3 is 0 Å². The lowest BCUT2D eigenvalue weighted by Crippen LogP contribution is -2.44. The zero-order chi connectivity index (χ0) is 15.3. The van der Waals surface area contributed by atoms with E-state index in [1.54, 1.807) is 0 Å². The molecule has 1 nitrogen and oxygen atoms in total. The van der Waals surface area contributed by atoms with Gasteiger partial charge in [-0.25, -0.2) is 0 Å². The molecule has 2 aliphatic heterocycles. The van der Waals surface area contributed by atoms with Crippen LogP contribution in [0.1, 0.15) is 57.4 Å². The average molecular weight is 337 g/mol. The molecule has 1 unspecified atom stereocenters. The fourth-order valence-electron chi connectivity index (χ4n) is 3.50. The Hall–Kier alpha value is -0.280. The molecule has 22 heavy (non-hydrogen) atoms. The number of hydrogen-bond acceptors (Lipinski definition) is 3. The lowest BCUT2D eigenvalue weighted by molar-refractivity contribution is 0.150. The highest BCUT2D eigenvalue weighted by atomic mass is 32.2. The minimum atomic E-state index is -0.00262. The van der Waals surface area contributed by atoms with Crippen molar-refractivity contribution in [1.82, 2.24) is 0 Å². The molecule has 2 heterocycles. The van der Waals surface area contributed by atoms with E-state index in [9.17, 15) is 0 Å². The molecule has 1 atom stereocenters. The largest absolute Gasteiger partial charge is 0.467 e. The Bertz CT molecular complexity index is 468. The van der Waals surface area contributed by atoms with Crippen LogP contribution in [0.5, 0.6) is 5.75 Å². The van der Waals surface area contributed by atoms with Crippen LogP contribution in [0.15, 0.2) is 24.3 Å². The standard InChI is InChI=1S/C19H28OS2/c1-2-3-4-5-6-11-17-15-16-10-7-8-12-18(16)20-19(17)21-13-9-14-22-19/h7-8,10,12,17H,2-6,9,11,13-15H2,1H3. The van der Waals surface area contributed by atoms with Crippen molar-refractivity contribution in [2.24, 2.45) is 5.92 Å². The molecule has 0 N–H and O–H groups in total. The molecule has 122 valence electrons. The average Bonchev–Trinajstić information content (AvgIpc) is 2.56. The molecule has 3 heteroatoms. The summed E-state index contributed by atoms with van der Waals surface area (Å²) in [5.74, 6) is 4.30. The van der Waals surface area contributed by atoms with E-state index in [0.29, 0.717) is 5.92 Å². The topological polar surface area (TPSA) is 9.23 Å². The summed E-state index contributed by atoms with van der Waals surface area (Å²) in [6, 6.07) is 8.67. The smallest absolute Gasteiger partial charge is 0.204 e. The molecule has 1 spiro atoms. The first-order valence-corrected chi connectivity index (χ1v) is 10.9. The van der Waals surface area contributed by atoms with Crippen LogP contribution in [0.25, 0.3) is 0 Å². The van der Waals surface area contributed by atoms with Crippen molar-refractivity contribution >= 4 is 23.5 Å². The second kappa shape index (κ2) is 8.01. The Kier molecular flexibility index (Phi) is 6.03. The van der Waals surface area contributed by atoms with E-state index in [1.807, 2.05) is 0 Å². The third kappa shape index (κ3) is 3.79. The van der Waals surface area contributed by atoms with E-state index in [1.165, 1.54) is 68.4 Å². The van der Waals surface area contributed by atoms with Crippen LogP contribution in [-0.2, 0) is 6.42 Å². The monoisotopic (exact) mass is 336 g/mol. The predicted octanol–water partition coefficient (Wildman–Crippen LogP) is 6.12. The van der Waals surface area contributed by atoms with Crippen molar-refractivity contribution in [3.8, 4) is 5.75 Å². The molecule has 1 fully saturated rings. The Morgan fingerprint density at radius 2 is 1.86 bits per heavy atom. The van der Waals surface area contributed by atoms with Gasteiger partial charge in [0.1, 0.15) is 5.75 Å². The first-order valence-electron chi connectivity index (χ1n) is 8.89. The SMILES string of the molecule is CCCCCCCC1Cc2ccccc2OC12SCCCS2. The Morgan fingerprint density at radius 3 is 2.68 bits per heavy atom. The summed E-state index contributed by atoms with van der Waals surface area (Å²) in [5.41, 5.74) is 1.42. The number of hydrogen-bond donors (Lipinski definition) is 0. The molecular formula is C19H28OS2. The molecule has 0 amide bonds. The van der Waals surface area contributed by atoms with Crippen molar-refractivity contribution in [3.05, 3.63) is 29.8 Å². The van der Waals surface area contributed by atoms with Gasteiger partial charge in [0, 0.05) is 5.92 Å². The number of unbranched alkanes of at least 4 members (excludes halogenated alkanes) is 4. The van der Waals surface area contributed by atoms with Gasteiger partial charge in [-0.3, -0.25) is 0 Å². The van der Waals surface area contributed by atoms with Crippen LogP contribution in [0.2, 0.25) is 0 Å². The van der Waals surface area contributed by atoms with Gasteiger partial charge in [0.2, 0.25) is 4.27 Å². The molecule has 0 bridgehead atoms. The Morgan fingerprint density at radius 1 is 1.09 bits per heavy atom. The predicted molar refractivity (Wildman–Crippen MR) is 99.9 cm³/mol. The molecule has 0 radical (unpaired) electrons. The number of benzene rings is 1. The van der Waals surface area contributed by atoms with Gasteiger partial charge in [-0.15, -0.1) is 23.5 Å². The van der Waals surface area contributed by atoms with Gasteiger partial charge in [-0.05, 0) is 42.4 Å². The van der Waals surface area contributed by atoms with Crippen LogP contribution in [0.3, 0.4) is 0 Å². The third-order valence-corrected chi connectivity index (χ3v) is 8.07. The summed E-state index contributed by atoms with van der Waals surface area (Å²) in [7, 11) is 0. The fraction of sp³-hybridized carbons (Fsp3) is 0.684. The van der Waals surface area contributed by atoms with Crippen molar-refractivity contribution in [1.29, 1.82) is 0 Å². The van der Waals surface area contributed by atoms with Crippen LogP contribution in [-0.4, -0.2) is 15.8 Å². The fourth-order valence-corrected chi connectivity index (χ4v) is 6.83. The minimum Gasteiger partial charge on any atom is -0.467 e. The normalized spacial score (nSPS) is 23.0. The maximum Gasteiger partial charge on any atom is 0.204 e. The molecule has 1 aromatic carbocycles. The third-order valence-electron chi connectivity index (χ3n) is 4.74. The highest BCUT2D eigenvalue weighted by Crippen LogP contribution is 2.54. The summed E-state index contributed by atoms with van der Waals surface area (Å²) in [6.45, 7) is 2.29. The molecular weight excluding hydrogens is 308 g/mol. The van der Waals surface area contributed by atoms with Gasteiger partial charge in [0.05, 0.1) is 0 Å². The number of rotatable bonds is 6. The number of para-hydroxylation sites is 1. The first-order chi connectivity index (χ1) is 10.8. The first kappa shape index (κ1) is 16.6. The van der Waals surface area contributed by atoms with Crippen molar-refractivity contribution in [2.45, 2.75) is 62.6 Å². The van der Waals surface area contributed by atoms with Crippen LogP contribution < -0.4 is 4.74 Å². The Balaban J connectivity index is 1.68. The molecule has 0 saturated carbocycles. The minimum absolute atomic E-state index is 0.00262. The Labute approximate surface area is 144 Å². The second-order valence-electron chi connectivity index (χ2n) is 6.47. The maximum absolute atomic E-state index is 6.58. The maximum atomic E-state index is 6.58. The van der Waals surface area contributed by atoms with Gasteiger partial charge in [-0.2, -0.15) is 0 Å². The van der Waals surface area contributed by atoms with Crippen LogP contribution in [0.4, 0.5) is 0 Å². The van der Waals surface area contributed by atoms with E-state index >= 15 is 0 Å². The zero-order valence-electron chi connectivity index (χ0n) is 13.7. The lowest BCUT2D eigenvalue weighted by atomic mass is 9.91. The molecule has 0 aliphatic carbocycles. The second-order valence-corrected chi connectivity index (χ2v) is 9.33. The van der Waals surface area contributed by atoms with Crippen molar-refractivity contribution in [3.63, 3.8) is 0 Å². The van der Waals surface area contributed by atoms with E-state index in [2.05, 4.69) is 54.7 Å². The van der Waals surface area contributed by atoms with Gasteiger partial charge in [0.15, 0.2) is 0 Å². The molecule has 0 aromatic heterocycles. The van der Waals surface area contributed by atoms with Crippen LogP contribution in [0, 0.1) is 5.92 Å². The van der Waals surface area contributed by atoms with E-state index in [4.69, 9.17) is 4.74 Å². The van der Waals surface area contributed by atoms with E-state index < -0.39 is 0 Å².